The molecule has 0 spiro atoms. The van der Waals surface area contributed by atoms with Crippen LogP contribution in [0, 0.1) is 10.1 Å². The van der Waals surface area contributed by atoms with Gasteiger partial charge in [0.25, 0.3) is 5.69 Å². The topological polar surface area (TPSA) is 103 Å². The minimum absolute atomic E-state index is 0.0214. The molecule has 172 valence electrons. The number of morpholine rings is 1. The Hall–Kier alpha value is -3.56. The number of fused-ring (bicyclic) bond motifs is 1. The van der Waals surface area contributed by atoms with Crippen LogP contribution in [0.25, 0.3) is 17.1 Å². The highest BCUT2D eigenvalue weighted by Crippen LogP contribution is 2.17. The van der Waals surface area contributed by atoms with Crippen molar-refractivity contribution in [2.45, 2.75) is 13.0 Å². The minimum Gasteiger partial charge on any atom is -0.379 e. The number of nitro benzene ring substituents is 1. The summed E-state index contributed by atoms with van der Waals surface area (Å²) in [6.45, 7) is 5.67. The second kappa shape index (κ2) is 10.8. The summed E-state index contributed by atoms with van der Waals surface area (Å²) >= 11 is 0. The number of hydrogen-bond donors (Lipinski definition) is 1. The van der Waals surface area contributed by atoms with Crippen molar-refractivity contribution in [2.75, 3.05) is 39.4 Å². The van der Waals surface area contributed by atoms with Crippen molar-refractivity contribution < 1.29 is 14.5 Å². The molecule has 0 bridgehead atoms. The number of benzene rings is 2. The van der Waals surface area contributed by atoms with E-state index in [1.807, 2.05) is 18.2 Å². The number of nitrogens with one attached hydrogen (secondary N) is 1. The zero-order valence-corrected chi connectivity index (χ0v) is 18.4. The number of nitro groups is 1. The second-order valence-corrected chi connectivity index (χ2v) is 7.85. The van der Waals surface area contributed by atoms with Crippen LogP contribution in [-0.4, -0.2) is 64.7 Å². The van der Waals surface area contributed by atoms with Crippen LogP contribution in [-0.2, 0) is 22.5 Å². The van der Waals surface area contributed by atoms with Gasteiger partial charge >= 0.3 is 0 Å². The Balaban J connectivity index is 1.34. The van der Waals surface area contributed by atoms with Crippen molar-refractivity contribution in [1.82, 2.24) is 19.8 Å². The molecule has 3 aromatic rings. The second-order valence-electron chi connectivity index (χ2n) is 7.85. The van der Waals surface area contributed by atoms with Gasteiger partial charge in [-0.1, -0.05) is 12.1 Å². The highest BCUT2D eigenvalue weighted by atomic mass is 16.6. The lowest BCUT2D eigenvalue weighted by Gasteiger charge is -2.27. The summed E-state index contributed by atoms with van der Waals surface area (Å²) in [5.74, 6) is 0.730. The van der Waals surface area contributed by atoms with Crippen molar-refractivity contribution in [3.8, 4) is 0 Å². The van der Waals surface area contributed by atoms with E-state index in [0.717, 1.165) is 61.8 Å². The molecule has 0 atom stereocenters. The van der Waals surface area contributed by atoms with Crippen LogP contribution in [0.3, 0.4) is 0 Å². The van der Waals surface area contributed by atoms with Crippen LogP contribution in [0.1, 0.15) is 11.4 Å². The van der Waals surface area contributed by atoms with Gasteiger partial charge in [-0.25, -0.2) is 4.98 Å². The van der Waals surface area contributed by atoms with Gasteiger partial charge in [0.15, 0.2) is 0 Å². The number of para-hydroxylation sites is 2. The SMILES string of the molecule is O=C(/C=C/c1ccc([N+](=O)[O-])cc1)NCCc1nc2ccccc2n1CCN1CCOCC1. The molecule has 2 aromatic carbocycles. The van der Waals surface area contributed by atoms with E-state index in [-0.39, 0.29) is 11.6 Å². The van der Waals surface area contributed by atoms with Gasteiger partial charge in [0.2, 0.25) is 5.91 Å². The molecule has 1 aliphatic rings. The molecule has 9 heteroatoms. The third-order valence-electron chi connectivity index (χ3n) is 5.66. The highest BCUT2D eigenvalue weighted by Gasteiger charge is 2.14. The van der Waals surface area contributed by atoms with E-state index in [1.165, 1.54) is 18.2 Å². The van der Waals surface area contributed by atoms with Crippen LogP contribution in [0.4, 0.5) is 5.69 Å². The lowest BCUT2D eigenvalue weighted by atomic mass is 10.2. The van der Waals surface area contributed by atoms with Gasteiger partial charge in [0.1, 0.15) is 5.82 Å². The number of nitrogens with zero attached hydrogens (tertiary/aromatic N) is 4. The van der Waals surface area contributed by atoms with Gasteiger partial charge in [-0.15, -0.1) is 0 Å². The molecule has 1 aliphatic heterocycles. The van der Waals surface area contributed by atoms with Crippen molar-refractivity contribution in [1.29, 1.82) is 0 Å². The zero-order chi connectivity index (χ0) is 23.0. The molecular formula is C24H27N5O4. The molecule has 1 aromatic heterocycles. The first kappa shape index (κ1) is 22.6. The molecular weight excluding hydrogens is 422 g/mol. The number of carbonyl (C=O) groups excluding carboxylic acids is 1. The molecule has 1 fully saturated rings. The molecule has 1 amide bonds. The normalized spacial score (nSPS) is 14.7. The number of hydrogen-bond acceptors (Lipinski definition) is 6. The van der Waals surface area contributed by atoms with Gasteiger partial charge in [0, 0.05) is 57.4 Å². The maximum Gasteiger partial charge on any atom is 0.269 e. The quantitative estimate of drug-likeness (QED) is 0.306. The van der Waals surface area contributed by atoms with E-state index in [4.69, 9.17) is 9.72 Å². The lowest BCUT2D eigenvalue weighted by Crippen LogP contribution is -2.38. The molecule has 1 saturated heterocycles. The number of amides is 1. The van der Waals surface area contributed by atoms with E-state index >= 15 is 0 Å². The molecule has 9 nitrogen and oxygen atoms in total. The molecule has 0 aliphatic carbocycles. The Labute approximate surface area is 191 Å². The third-order valence-corrected chi connectivity index (χ3v) is 5.66. The number of ether oxygens (including phenoxy) is 1. The number of imidazole rings is 1. The smallest absolute Gasteiger partial charge is 0.269 e. The summed E-state index contributed by atoms with van der Waals surface area (Å²) in [5, 5.41) is 13.6. The average Bonchev–Trinajstić information content (AvgIpc) is 3.19. The molecule has 0 saturated carbocycles. The van der Waals surface area contributed by atoms with E-state index in [0.29, 0.717) is 13.0 Å². The Kier molecular flexibility index (Phi) is 7.43. The maximum atomic E-state index is 12.2. The minimum atomic E-state index is -0.450. The number of non-ortho nitro benzene ring substituents is 1. The molecule has 33 heavy (non-hydrogen) atoms. The number of aromatic nitrogens is 2. The van der Waals surface area contributed by atoms with E-state index in [9.17, 15) is 14.9 Å². The summed E-state index contributed by atoms with van der Waals surface area (Å²) in [6.07, 6.45) is 3.69. The van der Waals surface area contributed by atoms with Crippen LogP contribution >= 0.6 is 0 Å². The van der Waals surface area contributed by atoms with Crippen LogP contribution in [0.5, 0.6) is 0 Å². The van der Waals surface area contributed by atoms with Gasteiger partial charge in [0.05, 0.1) is 29.2 Å². The summed E-state index contributed by atoms with van der Waals surface area (Å²) in [7, 11) is 0. The standard InChI is InChI=1S/C24H27N5O4/c30-24(10-7-19-5-8-20(9-6-19)29(31)32)25-12-11-23-26-21-3-1-2-4-22(21)28(23)14-13-27-15-17-33-18-16-27/h1-10H,11-18H2,(H,25,30)/b10-7+. The van der Waals surface area contributed by atoms with E-state index in [2.05, 4.69) is 20.9 Å². The number of rotatable bonds is 9. The van der Waals surface area contributed by atoms with Gasteiger partial charge in [-0.3, -0.25) is 19.8 Å². The summed E-state index contributed by atoms with van der Waals surface area (Å²) < 4.78 is 7.68. The molecule has 1 N–H and O–H groups in total. The molecule has 0 unspecified atom stereocenters. The number of carbonyl (C=O) groups is 1. The Morgan fingerprint density at radius 2 is 1.88 bits per heavy atom. The van der Waals surface area contributed by atoms with Gasteiger partial charge in [-0.2, -0.15) is 0 Å². The largest absolute Gasteiger partial charge is 0.379 e. The third kappa shape index (κ3) is 6.03. The fraction of sp³-hybridized carbons (Fsp3) is 0.333. The van der Waals surface area contributed by atoms with Crippen LogP contribution in [0.15, 0.2) is 54.6 Å². The predicted molar refractivity (Wildman–Crippen MR) is 126 cm³/mol. The van der Waals surface area contributed by atoms with Gasteiger partial charge < -0.3 is 14.6 Å². The Bertz CT molecular complexity index is 1130. The van der Waals surface area contributed by atoms with Crippen LogP contribution in [0.2, 0.25) is 0 Å². The summed E-state index contributed by atoms with van der Waals surface area (Å²) in [4.78, 5) is 29.7. The summed E-state index contributed by atoms with van der Waals surface area (Å²) in [5.41, 5.74) is 2.80. The highest BCUT2D eigenvalue weighted by molar-refractivity contribution is 5.91. The lowest BCUT2D eigenvalue weighted by molar-refractivity contribution is -0.384. The first-order chi connectivity index (χ1) is 16.1. The first-order valence-electron chi connectivity index (χ1n) is 11.0. The molecule has 0 radical (unpaired) electrons. The predicted octanol–water partition coefficient (Wildman–Crippen LogP) is 2.65. The Morgan fingerprint density at radius 1 is 1.12 bits per heavy atom. The molecule has 4 rings (SSSR count). The zero-order valence-electron chi connectivity index (χ0n) is 18.4. The van der Waals surface area contributed by atoms with Crippen molar-refractivity contribution >= 4 is 28.7 Å². The van der Waals surface area contributed by atoms with Crippen molar-refractivity contribution in [2.24, 2.45) is 0 Å². The Morgan fingerprint density at radius 3 is 2.64 bits per heavy atom. The van der Waals surface area contributed by atoms with Crippen molar-refractivity contribution in [3.05, 3.63) is 76.1 Å². The first-order valence-corrected chi connectivity index (χ1v) is 11.0. The van der Waals surface area contributed by atoms with Gasteiger partial charge in [-0.05, 0) is 35.9 Å². The average molecular weight is 450 g/mol. The molecule has 2 heterocycles. The maximum absolute atomic E-state index is 12.2. The fourth-order valence-corrected chi connectivity index (χ4v) is 3.87. The van der Waals surface area contributed by atoms with Crippen LogP contribution < -0.4 is 5.32 Å². The van der Waals surface area contributed by atoms with Crippen molar-refractivity contribution in [3.63, 3.8) is 0 Å². The fourth-order valence-electron chi connectivity index (χ4n) is 3.87. The van der Waals surface area contributed by atoms with E-state index < -0.39 is 4.92 Å². The summed E-state index contributed by atoms with van der Waals surface area (Å²) in [6, 6.07) is 14.1. The monoisotopic (exact) mass is 449 g/mol. The van der Waals surface area contributed by atoms with E-state index in [1.54, 1.807) is 18.2 Å².